The fourth-order valence-electron chi connectivity index (χ4n) is 3.01. The number of hydrogen-bond donors (Lipinski definition) is 0. The van der Waals surface area contributed by atoms with Crippen molar-refractivity contribution in [3.05, 3.63) is 113 Å². The van der Waals surface area contributed by atoms with Crippen LogP contribution in [-0.4, -0.2) is 19.7 Å². The molecule has 32 heavy (non-hydrogen) atoms. The standard InChI is InChI=1S/C29H24O3/c1-3-32-29(30)22-20-25-14-8-7-13-24(25)19-21-28(31-2)27-16-10-9-15-26(27)18-17-23-11-5-4-6-12-23/h4-16,20,22,28H,3H2,1-2H3/b22-20+. The van der Waals surface area contributed by atoms with Gasteiger partial charge in [-0.3, -0.25) is 0 Å². The van der Waals surface area contributed by atoms with Crippen molar-refractivity contribution in [3.63, 3.8) is 0 Å². The van der Waals surface area contributed by atoms with E-state index in [2.05, 4.69) is 23.7 Å². The lowest BCUT2D eigenvalue weighted by molar-refractivity contribution is -0.137. The van der Waals surface area contributed by atoms with Crippen molar-refractivity contribution in [1.29, 1.82) is 0 Å². The van der Waals surface area contributed by atoms with Gasteiger partial charge in [0.25, 0.3) is 0 Å². The van der Waals surface area contributed by atoms with Crippen molar-refractivity contribution in [2.24, 2.45) is 0 Å². The minimum atomic E-state index is -0.446. The highest BCUT2D eigenvalue weighted by molar-refractivity contribution is 5.87. The highest BCUT2D eigenvalue weighted by Crippen LogP contribution is 2.21. The van der Waals surface area contributed by atoms with Crippen molar-refractivity contribution in [2.45, 2.75) is 13.0 Å². The van der Waals surface area contributed by atoms with Gasteiger partial charge in [-0.15, -0.1) is 0 Å². The summed E-state index contributed by atoms with van der Waals surface area (Å²) in [6.07, 6.45) is 2.67. The molecule has 0 aliphatic carbocycles. The average molecular weight is 421 g/mol. The molecule has 0 heterocycles. The normalized spacial score (nSPS) is 11.1. The molecule has 0 bridgehead atoms. The molecule has 0 aliphatic rings. The molecule has 0 saturated carbocycles. The Hall–Kier alpha value is -4.05. The van der Waals surface area contributed by atoms with Gasteiger partial charge in [0.05, 0.1) is 6.61 Å². The Morgan fingerprint density at radius 2 is 1.56 bits per heavy atom. The van der Waals surface area contributed by atoms with Crippen LogP contribution < -0.4 is 0 Å². The number of carbonyl (C=O) groups is 1. The Kier molecular flexibility index (Phi) is 8.46. The second kappa shape index (κ2) is 12.0. The van der Waals surface area contributed by atoms with Gasteiger partial charge in [0.1, 0.15) is 6.10 Å². The molecule has 1 unspecified atom stereocenters. The maximum atomic E-state index is 11.6. The summed E-state index contributed by atoms with van der Waals surface area (Å²) in [5.41, 5.74) is 4.35. The van der Waals surface area contributed by atoms with E-state index in [1.165, 1.54) is 6.08 Å². The molecule has 0 fully saturated rings. The third-order valence-corrected chi connectivity index (χ3v) is 4.58. The summed E-state index contributed by atoms with van der Waals surface area (Å²) in [4.78, 5) is 11.6. The molecule has 3 aromatic carbocycles. The van der Waals surface area contributed by atoms with E-state index in [9.17, 15) is 4.79 Å². The maximum Gasteiger partial charge on any atom is 0.330 e. The predicted molar refractivity (Wildman–Crippen MR) is 128 cm³/mol. The summed E-state index contributed by atoms with van der Waals surface area (Å²) >= 11 is 0. The number of benzene rings is 3. The van der Waals surface area contributed by atoms with Gasteiger partial charge in [-0.25, -0.2) is 4.79 Å². The van der Waals surface area contributed by atoms with Gasteiger partial charge in [0.15, 0.2) is 0 Å². The maximum absolute atomic E-state index is 11.6. The van der Waals surface area contributed by atoms with E-state index in [0.717, 1.165) is 27.8 Å². The van der Waals surface area contributed by atoms with Gasteiger partial charge in [-0.05, 0) is 42.8 Å². The van der Waals surface area contributed by atoms with E-state index < -0.39 is 6.10 Å². The zero-order valence-corrected chi connectivity index (χ0v) is 18.2. The van der Waals surface area contributed by atoms with E-state index in [1.54, 1.807) is 20.1 Å². The van der Waals surface area contributed by atoms with Crippen LogP contribution in [0.1, 0.15) is 40.8 Å². The average Bonchev–Trinajstić information content (AvgIpc) is 2.84. The summed E-state index contributed by atoms with van der Waals surface area (Å²) < 4.78 is 10.6. The van der Waals surface area contributed by atoms with Crippen molar-refractivity contribution in [1.82, 2.24) is 0 Å². The molecule has 0 aliphatic heterocycles. The van der Waals surface area contributed by atoms with E-state index in [-0.39, 0.29) is 5.97 Å². The first-order chi connectivity index (χ1) is 15.7. The molecule has 0 aromatic heterocycles. The number of carbonyl (C=O) groups excluding carboxylic acids is 1. The predicted octanol–water partition coefficient (Wildman–Crippen LogP) is 5.40. The molecule has 3 rings (SSSR count). The topological polar surface area (TPSA) is 35.5 Å². The van der Waals surface area contributed by atoms with Crippen LogP contribution in [-0.2, 0) is 14.3 Å². The number of methoxy groups -OCH3 is 1. The van der Waals surface area contributed by atoms with Gasteiger partial charge in [0, 0.05) is 35.4 Å². The molecule has 0 amide bonds. The monoisotopic (exact) mass is 420 g/mol. The fourth-order valence-corrected chi connectivity index (χ4v) is 3.01. The number of rotatable bonds is 5. The molecular weight excluding hydrogens is 396 g/mol. The first-order valence-corrected chi connectivity index (χ1v) is 10.4. The van der Waals surface area contributed by atoms with Crippen molar-refractivity contribution in [2.75, 3.05) is 13.7 Å². The van der Waals surface area contributed by atoms with Gasteiger partial charge in [-0.2, -0.15) is 0 Å². The summed E-state index contributed by atoms with van der Waals surface area (Å²) in [6.45, 7) is 2.12. The smallest absolute Gasteiger partial charge is 0.330 e. The van der Waals surface area contributed by atoms with E-state index >= 15 is 0 Å². The molecule has 3 aromatic rings. The first kappa shape index (κ1) is 22.6. The second-order valence-electron chi connectivity index (χ2n) is 6.76. The van der Waals surface area contributed by atoms with Crippen LogP contribution in [0.4, 0.5) is 0 Å². The molecule has 0 radical (unpaired) electrons. The van der Waals surface area contributed by atoms with Gasteiger partial charge >= 0.3 is 5.97 Å². The SMILES string of the molecule is CCOC(=O)/C=C/c1ccccc1C#CC(OC)c1ccccc1C#Cc1ccccc1. The molecule has 3 heteroatoms. The fraction of sp³-hybridized carbons (Fsp3) is 0.138. The number of esters is 1. The second-order valence-corrected chi connectivity index (χ2v) is 6.76. The third-order valence-electron chi connectivity index (χ3n) is 4.58. The van der Waals surface area contributed by atoms with Gasteiger partial charge < -0.3 is 9.47 Å². The largest absolute Gasteiger partial charge is 0.463 e. The molecule has 0 spiro atoms. The molecule has 1 atom stereocenters. The van der Waals surface area contributed by atoms with E-state index in [4.69, 9.17) is 9.47 Å². The Labute approximate surface area is 189 Å². The van der Waals surface area contributed by atoms with Gasteiger partial charge in [0.2, 0.25) is 0 Å². The summed E-state index contributed by atoms with van der Waals surface area (Å²) in [5, 5.41) is 0. The first-order valence-electron chi connectivity index (χ1n) is 10.4. The Balaban J connectivity index is 1.89. The molecule has 3 nitrogen and oxygen atoms in total. The lowest BCUT2D eigenvalue weighted by atomic mass is 10.0. The molecule has 158 valence electrons. The van der Waals surface area contributed by atoms with Gasteiger partial charge in [-0.1, -0.05) is 78.3 Å². The lowest BCUT2D eigenvalue weighted by Crippen LogP contribution is -2.01. The molecule has 0 saturated heterocycles. The third kappa shape index (κ3) is 6.47. The van der Waals surface area contributed by atoms with Crippen LogP contribution in [0.2, 0.25) is 0 Å². The summed E-state index contributed by atoms with van der Waals surface area (Å²) in [7, 11) is 1.63. The lowest BCUT2D eigenvalue weighted by Gasteiger charge is -2.11. The molecular formula is C29H24O3. The quantitative estimate of drug-likeness (QED) is 0.315. The van der Waals surface area contributed by atoms with Crippen molar-refractivity contribution < 1.29 is 14.3 Å². The number of hydrogen-bond acceptors (Lipinski definition) is 3. The van der Waals surface area contributed by atoms with E-state index in [1.807, 2.05) is 78.9 Å². The minimum Gasteiger partial charge on any atom is -0.463 e. The van der Waals surface area contributed by atoms with Crippen LogP contribution in [0.5, 0.6) is 0 Å². The Morgan fingerprint density at radius 1 is 0.875 bits per heavy atom. The van der Waals surface area contributed by atoms with Crippen LogP contribution in [0.15, 0.2) is 84.9 Å². The highest BCUT2D eigenvalue weighted by atomic mass is 16.5. The highest BCUT2D eigenvalue weighted by Gasteiger charge is 2.11. The zero-order valence-electron chi connectivity index (χ0n) is 18.2. The van der Waals surface area contributed by atoms with Crippen LogP contribution >= 0.6 is 0 Å². The zero-order chi connectivity index (χ0) is 22.6. The van der Waals surface area contributed by atoms with Crippen molar-refractivity contribution in [3.8, 4) is 23.7 Å². The van der Waals surface area contributed by atoms with Crippen LogP contribution in [0.3, 0.4) is 0 Å². The summed E-state index contributed by atoms with van der Waals surface area (Å²) in [6, 6.07) is 25.3. The van der Waals surface area contributed by atoms with Crippen molar-refractivity contribution >= 4 is 12.0 Å². The van der Waals surface area contributed by atoms with Crippen LogP contribution in [0, 0.1) is 23.7 Å². The Morgan fingerprint density at radius 3 is 2.31 bits per heavy atom. The number of ether oxygens (including phenoxy) is 2. The Bertz CT molecular complexity index is 1200. The molecule has 0 N–H and O–H groups in total. The van der Waals surface area contributed by atoms with E-state index in [0.29, 0.717) is 6.61 Å². The summed E-state index contributed by atoms with van der Waals surface area (Å²) in [5.74, 6) is 12.5. The van der Waals surface area contributed by atoms with Crippen LogP contribution in [0.25, 0.3) is 6.08 Å². The minimum absolute atomic E-state index is 0.340.